The van der Waals surface area contributed by atoms with Crippen molar-refractivity contribution < 1.29 is 9.53 Å². The number of piperidine rings is 1. The Morgan fingerprint density at radius 1 is 1.57 bits per heavy atom. The molecule has 0 N–H and O–H groups in total. The summed E-state index contributed by atoms with van der Waals surface area (Å²) in [4.78, 5) is 18.7. The van der Waals surface area contributed by atoms with Crippen LogP contribution in [0.2, 0.25) is 5.02 Å². The van der Waals surface area contributed by atoms with E-state index in [9.17, 15) is 4.79 Å². The minimum atomic E-state index is -0.0913. The number of esters is 1. The maximum atomic E-state index is 11.9. The first kappa shape index (κ1) is 14.6. The second-order valence-corrected chi connectivity index (χ2v) is 6.59. The zero-order valence-corrected chi connectivity index (χ0v) is 13.4. The fourth-order valence-electron chi connectivity index (χ4n) is 2.62. The molecule has 1 atom stereocenters. The number of ether oxygens (including phenoxy) is 1. The third-order valence-electron chi connectivity index (χ3n) is 3.65. The van der Waals surface area contributed by atoms with E-state index in [1.165, 1.54) is 0 Å². The van der Waals surface area contributed by atoms with Gasteiger partial charge in [-0.15, -0.1) is 0 Å². The summed E-state index contributed by atoms with van der Waals surface area (Å²) in [5.41, 5.74) is 0.956. The van der Waals surface area contributed by atoms with E-state index in [4.69, 9.17) is 16.3 Å². The fourth-order valence-corrected chi connectivity index (χ4v) is 3.90. The number of nitrogens with zero attached hydrogens (tertiary/aromatic N) is 2. The Kier molecular flexibility index (Phi) is 4.31. The maximum Gasteiger partial charge on any atom is 0.310 e. The molecule has 1 aromatic heterocycles. The Hall–Kier alpha value is -1.33. The summed E-state index contributed by atoms with van der Waals surface area (Å²) in [6.45, 7) is 3.90. The van der Waals surface area contributed by atoms with E-state index in [2.05, 4.69) is 9.88 Å². The summed E-state index contributed by atoms with van der Waals surface area (Å²) in [5, 5.41) is 1.68. The number of benzene rings is 1. The van der Waals surface area contributed by atoms with Crippen LogP contribution >= 0.6 is 22.9 Å². The summed E-state index contributed by atoms with van der Waals surface area (Å²) in [6, 6.07) is 5.72. The van der Waals surface area contributed by atoms with Gasteiger partial charge < -0.3 is 9.64 Å². The van der Waals surface area contributed by atoms with Crippen molar-refractivity contribution in [3.63, 3.8) is 0 Å². The Bertz CT molecular complexity index is 658. The number of hydrogen-bond donors (Lipinski definition) is 0. The third-order valence-corrected chi connectivity index (χ3v) is 4.97. The molecular formula is C15H17ClN2O2S. The molecule has 1 aliphatic rings. The number of anilines is 1. The average Bonchev–Trinajstić information content (AvgIpc) is 2.90. The number of hydrogen-bond acceptors (Lipinski definition) is 5. The molecule has 0 radical (unpaired) electrons. The predicted octanol–water partition coefficient (Wildman–Crippen LogP) is 3.73. The van der Waals surface area contributed by atoms with Crippen LogP contribution in [0.15, 0.2) is 18.2 Å². The van der Waals surface area contributed by atoms with Crippen LogP contribution in [-0.2, 0) is 9.53 Å². The first-order valence-corrected chi connectivity index (χ1v) is 8.34. The molecule has 0 bridgehead atoms. The molecule has 1 aliphatic heterocycles. The van der Waals surface area contributed by atoms with Crippen LogP contribution in [-0.4, -0.2) is 30.6 Å². The summed E-state index contributed by atoms with van der Waals surface area (Å²) in [5.74, 6) is -0.138. The van der Waals surface area contributed by atoms with E-state index < -0.39 is 0 Å². The van der Waals surface area contributed by atoms with Gasteiger partial charge in [-0.25, -0.2) is 4.98 Å². The molecule has 2 heterocycles. The van der Waals surface area contributed by atoms with Crippen LogP contribution in [0.4, 0.5) is 5.13 Å². The topological polar surface area (TPSA) is 42.4 Å². The molecule has 112 valence electrons. The number of rotatable bonds is 3. The molecule has 0 unspecified atom stereocenters. The molecule has 2 aromatic rings. The van der Waals surface area contributed by atoms with Crippen LogP contribution in [0.3, 0.4) is 0 Å². The van der Waals surface area contributed by atoms with Crippen LogP contribution < -0.4 is 4.90 Å². The number of carbonyl (C=O) groups excluding carboxylic acids is 1. The molecule has 1 fully saturated rings. The van der Waals surface area contributed by atoms with E-state index in [1.807, 2.05) is 25.1 Å². The van der Waals surface area contributed by atoms with E-state index in [0.29, 0.717) is 13.2 Å². The molecule has 1 saturated heterocycles. The van der Waals surface area contributed by atoms with Gasteiger partial charge in [0, 0.05) is 18.1 Å². The molecule has 6 heteroatoms. The van der Waals surface area contributed by atoms with Gasteiger partial charge in [-0.05, 0) is 38.0 Å². The molecular weight excluding hydrogens is 308 g/mol. The molecule has 21 heavy (non-hydrogen) atoms. The van der Waals surface area contributed by atoms with Gasteiger partial charge in [0.1, 0.15) is 0 Å². The zero-order valence-electron chi connectivity index (χ0n) is 11.8. The summed E-state index contributed by atoms with van der Waals surface area (Å²) >= 11 is 7.64. The highest BCUT2D eigenvalue weighted by atomic mass is 35.5. The highest BCUT2D eigenvalue weighted by Gasteiger charge is 2.28. The first-order valence-electron chi connectivity index (χ1n) is 7.15. The Balaban J connectivity index is 1.79. The van der Waals surface area contributed by atoms with E-state index in [-0.39, 0.29) is 11.9 Å². The Morgan fingerprint density at radius 2 is 2.43 bits per heavy atom. The molecule has 0 amide bonds. The number of fused-ring (bicyclic) bond motifs is 1. The standard InChI is InChI=1S/C15H17ClN2O2S/c1-2-20-14(19)10-4-3-7-18(9-10)15-17-12-6-5-11(16)8-13(12)21-15/h5-6,8,10H,2-4,7,9H2,1H3/t10-/m0/s1. The lowest BCUT2D eigenvalue weighted by atomic mass is 9.99. The maximum absolute atomic E-state index is 11.9. The van der Waals surface area contributed by atoms with Gasteiger partial charge in [0.25, 0.3) is 0 Å². The molecule has 4 nitrogen and oxygen atoms in total. The smallest absolute Gasteiger partial charge is 0.310 e. The fraction of sp³-hybridized carbons (Fsp3) is 0.467. The van der Waals surface area contributed by atoms with Gasteiger partial charge in [-0.2, -0.15) is 0 Å². The number of thiazole rings is 1. The van der Waals surface area contributed by atoms with Gasteiger partial charge in [0.05, 0.1) is 22.7 Å². The Morgan fingerprint density at radius 3 is 3.24 bits per heavy atom. The van der Waals surface area contributed by atoms with Crippen molar-refractivity contribution in [2.24, 2.45) is 5.92 Å². The summed E-state index contributed by atoms with van der Waals surface area (Å²) < 4.78 is 6.22. The minimum absolute atomic E-state index is 0.0469. The highest BCUT2D eigenvalue weighted by molar-refractivity contribution is 7.22. The zero-order chi connectivity index (χ0) is 14.8. The lowest BCUT2D eigenvalue weighted by molar-refractivity contribution is -0.148. The number of halogens is 1. The van der Waals surface area contributed by atoms with Crippen molar-refractivity contribution in [2.75, 3.05) is 24.6 Å². The van der Waals surface area contributed by atoms with Crippen molar-refractivity contribution in [3.05, 3.63) is 23.2 Å². The molecule has 0 saturated carbocycles. The SMILES string of the molecule is CCOC(=O)[C@H]1CCCN(c2nc3ccc(Cl)cc3s2)C1. The van der Waals surface area contributed by atoms with Gasteiger partial charge in [-0.1, -0.05) is 22.9 Å². The monoisotopic (exact) mass is 324 g/mol. The third kappa shape index (κ3) is 3.14. The highest BCUT2D eigenvalue weighted by Crippen LogP contribution is 2.33. The molecule has 0 spiro atoms. The molecule has 0 aliphatic carbocycles. The van der Waals surface area contributed by atoms with Crippen molar-refractivity contribution in [1.29, 1.82) is 0 Å². The van der Waals surface area contributed by atoms with E-state index in [0.717, 1.165) is 39.8 Å². The number of aromatic nitrogens is 1. The van der Waals surface area contributed by atoms with E-state index in [1.54, 1.807) is 11.3 Å². The van der Waals surface area contributed by atoms with Gasteiger partial charge in [0.15, 0.2) is 5.13 Å². The van der Waals surface area contributed by atoms with Gasteiger partial charge in [-0.3, -0.25) is 4.79 Å². The minimum Gasteiger partial charge on any atom is -0.466 e. The second kappa shape index (κ2) is 6.20. The molecule has 3 rings (SSSR count). The van der Waals surface area contributed by atoms with Crippen LogP contribution in [0, 0.1) is 5.92 Å². The van der Waals surface area contributed by atoms with Gasteiger partial charge >= 0.3 is 5.97 Å². The first-order chi connectivity index (χ1) is 10.2. The summed E-state index contributed by atoms with van der Waals surface area (Å²) in [6.07, 6.45) is 1.88. The lowest BCUT2D eigenvalue weighted by Gasteiger charge is -2.31. The average molecular weight is 325 g/mol. The van der Waals surface area contributed by atoms with Crippen molar-refractivity contribution in [2.45, 2.75) is 19.8 Å². The van der Waals surface area contributed by atoms with Crippen molar-refractivity contribution in [1.82, 2.24) is 4.98 Å². The number of carbonyl (C=O) groups is 1. The molecule has 1 aromatic carbocycles. The van der Waals surface area contributed by atoms with E-state index >= 15 is 0 Å². The van der Waals surface area contributed by atoms with Crippen LogP contribution in [0.1, 0.15) is 19.8 Å². The normalized spacial score (nSPS) is 19.0. The Labute approximate surface area is 132 Å². The van der Waals surface area contributed by atoms with Crippen LogP contribution in [0.5, 0.6) is 0 Å². The van der Waals surface area contributed by atoms with Crippen molar-refractivity contribution in [3.8, 4) is 0 Å². The van der Waals surface area contributed by atoms with Crippen molar-refractivity contribution >= 4 is 44.3 Å². The lowest BCUT2D eigenvalue weighted by Crippen LogP contribution is -2.39. The summed E-state index contributed by atoms with van der Waals surface area (Å²) in [7, 11) is 0. The quantitative estimate of drug-likeness (QED) is 0.807. The van der Waals surface area contributed by atoms with Crippen LogP contribution in [0.25, 0.3) is 10.2 Å². The largest absolute Gasteiger partial charge is 0.466 e. The predicted molar refractivity (Wildman–Crippen MR) is 86.2 cm³/mol. The van der Waals surface area contributed by atoms with Gasteiger partial charge in [0.2, 0.25) is 0 Å². The second-order valence-electron chi connectivity index (χ2n) is 5.15.